The molecule has 34 heavy (non-hydrogen) atoms. The average Bonchev–Trinajstić information content (AvgIpc) is 2.83. The minimum absolute atomic E-state index is 0.234. The standard InChI is InChI=1S/C30H21F3O/c1-34-16-2-3-21-4-6-22(7-5-21)8-9-24-18-29(32)28(30(33)19-24)15-11-23-10-12-26-20-27(31)14-13-25(26)17-23/h4-7,10,12-14,17-20H,2-3,16H2,1H3. The second-order valence-electron chi connectivity index (χ2n) is 7.81. The van der Waals surface area contributed by atoms with Crippen LogP contribution in [0, 0.1) is 41.1 Å². The molecule has 0 heterocycles. The van der Waals surface area contributed by atoms with Crippen LogP contribution in [0.3, 0.4) is 0 Å². The average molecular weight is 454 g/mol. The Balaban J connectivity index is 1.51. The van der Waals surface area contributed by atoms with Crippen molar-refractivity contribution in [1.82, 2.24) is 0 Å². The van der Waals surface area contributed by atoms with E-state index in [-0.39, 0.29) is 16.9 Å². The number of aryl methyl sites for hydroxylation is 1. The fourth-order valence-corrected chi connectivity index (χ4v) is 3.51. The predicted octanol–water partition coefficient (Wildman–Crippen LogP) is 6.64. The summed E-state index contributed by atoms with van der Waals surface area (Å²) in [6.07, 6.45) is 1.86. The van der Waals surface area contributed by atoms with E-state index in [2.05, 4.69) is 23.7 Å². The van der Waals surface area contributed by atoms with Crippen LogP contribution >= 0.6 is 0 Å². The minimum atomic E-state index is -0.770. The Morgan fingerprint density at radius 3 is 2.00 bits per heavy atom. The molecule has 0 unspecified atom stereocenters. The van der Waals surface area contributed by atoms with Gasteiger partial charge in [0.1, 0.15) is 17.5 Å². The molecule has 0 amide bonds. The van der Waals surface area contributed by atoms with Gasteiger partial charge in [0.15, 0.2) is 0 Å². The lowest BCUT2D eigenvalue weighted by molar-refractivity contribution is 0.195. The number of fused-ring (bicyclic) bond motifs is 1. The second kappa shape index (κ2) is 10.8. The molecule has 0 bridgehead atoms. The third kappa shape index (κ3) is 5.87. The Kier molecular flexibility index (Phi) is 7.33. The summed E-state index contributed by atoms with van der Waals surface area (Å²) in [6, 6.07) is 19.7. The molecule has 4 heteroatoms. The van der Waals surface area contributed by atoms with Gasteiger partial charge in [-0.15, -0.1) is 0 Å². The van der Waals surface area contributed by atoms with E-state index < -0.39 is 11.6 Å². The first kappa shape index (κ1) is 23.2. The highest BCUT2D eigenvalue weighted by atomic mass is 19.1. The van der Waals surface area contributed by atoms with E-state index in [4.69, 9.17) is 4.74 Å². The zero-order valence-corrected chi connectivity index (χ0v) is 18.6. The first-order valence-corrected chi connectivity index (χ1v) is 10.8. The Morgan fingerprint density at radius 2 is 1.26 bits per heavy atom. The molecular weight excluding hydrogens is 433 g/mol. The van der Waals surface area contributed by atoms with Crippen LogP contribution in [0.15, 0.2) is 72.8 Å². The topological polar surface area (TPSA) is 9.23 Å². The van der Waals surface area contributed by atoms with Crippen LogP contribution in [0.25, 0.3) is 10.8 Å². The van der Waals surface area contributed by atoms with Crippen LogP contribution in [-0.4, -0.2) is 13.7 Å². The molecule has 0 radical (unpaired) electrons. The summed E-state index contributed by atoms with van der Waals surface area (Å²) in [5, 5.41) is 1.52. The maximum atomic E-state index is 14.6. The quantitative estimate of drug-likeness (QED) is 0.248. The zero-order chi connectivity index (χ0) is 23.9. The van der Waals surface area contributed by atoms with E-state index in [0.717, 1.165) is 29.2 Å². The van der Waals surface area contributed by atoms with Gasteiger partial charge in [0.25, 0.3) is 0 Å². The van der Waals surface area contributed by atoms with Crippen molar-refractivity contribution in [2.75, 3.05) is 13.7 Å². The first-order chi connectivity index (χ1) is 16.5. The monoisotopic (exact) mass is 454 g/mol. The summed E-state index contributed by atoms with van der Waals surface area (Å²) in [7, 11) is 1.68. The Hall–Kier alpha value is -3.99. The Labute approximate surface area is 197 Å². The fourth-order valence-electron chi connectivity index (χ4n) is 3.51. The van der Waals surface area contributed by atoms with Crippen molar-refractivity contribution in [2.24, 2.45) is 0 Å². The molecule has 0 aliphatic rings. The van der Waals surface area contributed by atoms with Crippen molar-refractivity contribution in [3.05, 3.63) is 118 Å². The Morgan fingerprint density at radius 1 is 0.647 bits per heavy atom. The number of hydrogen-bond donors (Lipinski definition) is 0. The van der Waals surface area contributed by atoms with Gasteiger partial charge in [-0.3, -0.25) is 0 Å². The molecule has 0 saturated carbocycles. The largest absolute Gasteiger partial charge is 0.385 e. The van der Waals surface area contributed by atoms with Crippen LogP contribution in [0.1, 0.15) is 34.2 Å². The summed E-state index contributed by atoms with van der Waals surface area (Å²) < 4.78 is 47.5. The summed E-state index contributed by atoms with van der Waals surface area (Å²) in [5.74, 6) is 9.24. The van der Waals surface area contributed by atoms with E-state index in [0.29, 0.717) is 12.2 Å². The van der Waals surface area contributed by atoms with Gasteiger partial charge >= 0.3 is 0 Å². The van der Waals surface area contributed by atoms with Crippen molar-refractivity contribution in [1.29, 1.82) is 0 Å². The van der Waals surface area contributed by atoms with Gasteiger partial charge in [-0.25, -0.2) is 13.2 Å². The lowest BCUT2D eigenvalue weighted by Gasteiger charge is -2.01. The van der Waals surface area contributed by atoms with Gasteiger partial charge < -0.3 is 4.74 Å². The Bertz CT molecular complexity index is 1430. The van der Waals surface area contributed by atoms with E-state index in [1.807, 2.05) is 24.3 Å². The molecule has 0 spiro atoms. The van der Waals surface area contributed by atoms with E-state index in [9.17, 15) is 13.2 Å². The van der Waals surface area contributed by atoms with Crippen molar-refractivity contribution in [3.8, 4) is 23.7 Å². The number of hydrogen-bond acceptors (Lipinski definition) is 1. The molecule has 0 fully saturated rings. The fraction of sp³-hybridized carbons (Fsp3) is 0.133. The summed E-state index contributed by atoms with van der Waals surface area (Å²) in [5.41, 5.74) is 2.44. The van der Waals surface area contributed by atoms with Gasteiger partial charge in [0.05, 0.1) is 5.56 Å². The van der Waals surface area contributed by atoms with Gasteiger partial charge in [0, 0.05) is 30.4 Å². The molecule has 0 atom stereocenters. The predicted molar refractivity (Wildman–Crippen MR) is 129 cm³/mol. The maximum Gasteiger partial charge on any atom is 0.143 e. The van der Waals surface area contributed by atoms with Crippen molar-refractivity contribution in [3.63, 3.8) is 0 Å². The molecule has 4 aromatic carbocycles. The maximum absolute atomic E-state index is 14.6. The lowest BCUT2D eigenvalue weighted by atomic mass is 10.1. The zero-order valence-electron chi connectivity index (χ0n) is 18.6. The second-order valence-corrected chi connectivity index (χ2v) is 7.81. The third-order valence-corrected chi connectivity index (χ3v) is 5.30. The smallest absolute Gasteiger partial charge is 0.143 e. The van der Waals surface area contributed by atoms with Crippen LogP contribution in [0.5, 0.6) is 0 Å². The molecule has 0 aliphatic heterocycles. The highest BCUT2D eigenvalue weighted by Gasteiger charge is 2.08. The molecule has 0 aromatic heterocycles. The molecule has 168 valence electrons. The van der Waals surface area contributed by atoms with Crippen LogP contribution in [0.2, 0.25) is 0 Å². The molecule has 0 saturated heterocycles. The SMILES string of the molecule is COCCCc1ccc(C#Cc2cc(F)c(C#Cc3ccc4cc(F)ccc4c3)c(F)c2)cc1. The van der Waals surface area contributed by atoms with Crippen LogP contribution in [-0.2, 0) is 11.2 Å². The van der Waals surface area contributed by atoms with E-state index >= 15 is 0 Å². The van der Waals surface area contributed by atoms with Gasteiger partial charge in [-0.2, -0.15) is 0 Å². The van der Waals surface area contributed by atoms with Gasteiger partial charge in [0.2, 0.25) is 0 Å². The van der Waals surface area contributed by atoms with Crippen molar-refractivity contribution in [2.45, 2.75) is 12.8 Å². The summed E-state index contributed by atoms with van der Waals surface area (Å²) >= 11 is 0. The number of halogens is 3. The van der Waals surface area contributed by atoms with E-state index in [1.54, 1.807) is 31.4 Å². The third-order valence-electron chi connectivity index (χ3n) is 5.30. The number of ether oxygens (including phenoxy) is 1. The summed E-state index contributed by atoms with van der Waals surface area (Å²) in [6.45, 7) is 0.711. The highest BCUT2D eigenvalue weighted by Crippen LogP contribution is 2.18. The molecular formula is C30H21F3O. The van der Waals surface area contributed by atoms with Gasteiger partial charge in [-0.05, 0) is 77.7 Å². The van der Waals surface area contributed by atoms with Gasteiger partial charge in [-0.1, -0.05) is 47.9 Å². The first-order valence-electron chi connectivity index (χ1n) is 10.8. The van der Waals surface area contributed by atoms with Crippen LogP contribution < -0.4 is 0 Å². The molecule has 1 nitrogen and oxygen atoms in total. The van der Waals surface area contributed by atoms with E-state index in [1.165, 1.54) is 29.8 Å². The normalized spacial score (nSPS) is 10.4. The molecule has 4 aromatic rings. The minimum Gasteiger partial charge on any atom is -0.385 e. The molecule has 0 N–H and O–H groups in total. The number of benzene rings is 4. The highest BCUT2D eigenvalue weighted by molar-refractivity contribution is 5.84. The summed E-state index contributed by atoms with van der Waals surface area (Å²) in [4.78, 5) is 0. The molecule has 0 aliphatic carbocycles. The number of rotatable bonds is 4. The lowest BCUT2D eigenvalue weighted by Crippen LogP contribution is -1.93. The van der Waals surface area contributed by atoms with Crippen molar-refractivity contribution < 1.29 is 17.9 Å². The number of methoxy groups -OCH3 is 1. The van der Waals surface area contributed by atoms with Crippen LogP contribution in [0.4, 0.5) is 13.2 Å². The molecule has 4 rings (SSSR count). The van der Waals surface area contributed by atoms with Crippen molar-refractivity contribution >= 4 is 10.8 Å².